The minimum Gasteiger partial charge on any atom is -0.307 e. The molecule has 0 saturated carbocycles. The molecule has 0 N–H and O–H groups in total. The van der Waals surface area contributed by atoms with Gasteiger partial charge < -0.3 is 14.7 Å². The van der Waals surface area contributed by atoms with E-state index in [1.807, 2.05) is 0 Å². The number of amides is 3. The summed E-state index contributed by atoms with van der Waals surface area (Å²) in [5, 5.41) is 0. The highest BCUT2D eigenvalue weighted by molar-refractivity contribution is 7.80. The Labute approximate surface area is 141 Å². The van der Waals surface area contributed by atoms with Gasteiger partial charge in [-0.3, -0.25) is 14.4 Å². The van der Waals surface area contributed by atoms with Gasteiger partial charge in [-0.25, -0.2) is 0 Å². The van der Waals surface area contributed by atoms with Crippen molar-refractivity contribution in [2.75, 3.05) is 37.3 Å². The van der Waals surface area contributed by atoms with Crippen LogP contribution in [0.1, 0.15) is 19.3 Å². The Kier molecular flexibility index (Phi) is 8.35. The molecule has 0 bridgehead atoms. The van der Waals surface area contributed by atoms with Crippen molar-refractivity contribution in [3.8, 4) is 0 Å². The Morgan fingerprint density at radius 2 is 0.857 bits per heavy atom. The van der Waals surface area contributed by atoms with Gasteiger partial charge in [0.1, 0.15) is 0 Å². The van der Waals surface area contributed by atoms with Gasteiger partial charge in [-0.2, -0.15) is 37.9 Å². The SMILES string of the molecule is O=C(CCS)N1CN(C(=O)CCS)CN(C(=O)CCS)C1. The molecular formula is C12H21N3O3S3. The van der Waals surface area contributed by atoms with E-state index in [1.54, 1.807) is 0 Å². The van der Waals surface area contributed by atoms with Gasteiger partial charge in [0.25, 0.3) is 0 Å². The summed E-state index contributed by atoms with van der Waals surface area (Å²) in [5.41, 5.74) is 0. The standard InChI is InChI=1S/C12H21N3O3S3/c16-10(1-4-19)13-7-14(11(17)2-5-20)9-15(8-13)12(18)3-6-21/h19-21H,1-9H2. The van der Waals surface area contributed by atoms with Crippen molar-refractivity contribution >= 4 is 55.6 Å². The molecular weight excluding hydrogens is 330 g/mol. The first-order chi connectivity index (χ1) is 10.0. The fourth-order valence-corrected chi connectivity index (χ4v) is 2.56. The first kappa shape index (κ1) is 18.5. The van der Waals surface area contributed by atoms with E-state index in [4.69, 9.17) is 0 Å². The molecule has 6 nitrogen and oxygen atoms in total. The van der Waals surface area contributed by atoms with Crippen LogP contribution >= 0.6 is 37.9 Å². The fraction of sp³-hybridized carbons (Fsp3) is 0.750. The first-order valence-electron chi connectivity index (χ1n) is 6.69. The summed E-state index contributed by atoms with van der Waals surface area (Å²) < 4.78 is 0. The Morgan fingerprint density at radius 1 is 0.619 bits per heavy atom. The molecule has 1 heterocycles. The lowest BCUT2D eigenvalue weighted by Crippen LogP contribution is -2.59. The zero-order valence-corrected chi connectivity index (χ0v) is 14.5. The minimum absolute atomic E-state index is 0.114. The molecule has 21 heavy (non-hydrogen) atoms. The number of thiol groups is 3. The van der Waals surface area contributed by atoms with Crippen LogP contribution in [0, 0.1) is 0 Å². The van der Waals surface area contributed by atoms with Gasteiger partial charge in [0.15, 0.2) is 0 Å². The van der Waals surface area contributed by atoms with Gasteiger partial charge >= 0.3 is 0 Å². The van der Waals surface area contributed by atoms with E-state index >= 15 is 0 Å². The number of carbonyl (C=O) groups is 3. The van der Waals surface area contributed by atoms with E-state index in [0.717, 1.165) is 0 Å². The smallest absolute Gasteiger partial charge is 0.226 e. The van der Waals surface area contributed by atoms with E-state index in [9.17, 15) is 14.4 Å². The molecule has 1 saturated heterocycles. The molecule has 1 aliphatic heterocycles. The van der Waals surface area contributed by atoms with Crippen molar-refractivity contribution in [1.29, 1.82) is 0 Å². The van der Waals surface area contributed by atoms with Crippen LogP contribution in [0.3, 0.4) is 0 Å². The minimum atomic E-state index is -0.114. The van der Waals surface area contributed by atoms with Gasteiger partial charge in [-0.05, 0) is 17.3 Å². The van der Waals surface area contributed by atoms with E-state index < -0.39 is 0 Å². The maximum atomic E-state index is 12.0. The van der Waals surface area contributed by atoms with Crippen LogP contribution in [0.5, 0.6) is 0 Å². The van der Waals surface area contributed by atoms with Crippen LogP contribution in [0.4, 0.5) is 0 Å². The van der Waals surface area contributed by atoms with Crippen LogP contribution in [-0.2, 0) is 14.4 Å². The van der Waals surface area contributed by atoms with E-state index in [0.29, 0.717) is 17.3 Å². The predicted octanol–water partition coefficient (Wildman–Crippen LogP) is 0.318. The largest absolute Gasteiger partial charge is 0.307 e. The zero-order valence-electron chi connectivity index (χ0n) is 11.8. The van der Waals surface area contributed by atoms with Gasteiger partial charge in [0, 0.05) is 19.3 Å². The van der Waals surface area contributed by atoms with E-state index in [-0.39, 0.29) is 57.0 Å². The molecule has 0 radical (unpaired) electrons. The Morgan fingerprint density at radius 3 is 1.05 bits per heavy atom. The number of nitrogens with zero attached hydrogens (tertiary/aromatic N) is 3. The van der Waals surface area contributed by atoms with Crippen LogP contribution in [0.15, 0.2) is 0 Å². The summed E-state index contributed by atoms with van der Waals surface area (Å²) >= 11 is 12.1. The number of carbonyl (C=O) groups excluding carboxylic acids is 3. The number of hydrogen-bond acceptors (Lipinski definition) is 6. The first-order valence-corrected chi connectivity index (χ1v) is 8.59. The molecule has 0 aliphatic carbocycles. The second-order valence-electron chi connectivity index (χ2n) is 4.65. The van der Waals surface area contributed by atoms with Crippen molar-refractivity contribution < 1.29 is 14.4 Å². The second-order valence-corrected chi connectivity index (χ2v) is 5.99. The van der Waals surface area contributed by atoms with Crippen molar-refractivity contribution in [3.05, 3.63) is 0 Å². The average molecular weight is 352 g/mol. The van der Waals surface area contributed by atoms with E-state index in [1.165, 1.54) is 14.7 Å². The van der Waals surface area contributed by atoms with Crippen LogP contribution in [0.2, 0.25) is 0 Å². The number of hydrogen-bond donors (Lipinski definition) is 3. The average Bonchev–Trinajstić information content (AvgIpc) is 2.47. The monoisotopic (exact) mass is 351 g/mol. The molecule has 1 fully saturated rings. The van der Waals surface area contributed by atoms with Gasteiger partial charge in [0.05, 0.1) is 20.0 Å². The molecule has 9 heteroatoms. The van der Waals surface area contributed by atoms with Crippen molar-refractivity contribution in [3.63, 3.8) is 0 Å². The molecule has 0 unspecified atom stereocenters. The summed E-state index contributed by atoms with van der Waals surface area (Å²) in [6, 6.07) is 0. The Bertz CT molecular complexity index is 332. The van der Waals surface area contributed by atoms with Crippen LogP contribution in [-0.4, -0.2) is 69.7 Å². The zero-order chi connectivity index (χ0) is 15.8. The lowest BCUT2D eigenvalue weighted by Gasteiger charge is -2.42. The van der Waals surface area contributed by atoms with Crippen molar-refractivity contribution in [1.82, 2.24) is 14.7 Å². The van der Waals surface area contributed by atoms with Crippen LogP contribution in [0.25, 0.3) is 0 Å². The van der Waals surface area contributed by atoms with Gasteiger partial charge in [-0.15, -0.1) is 0 Å². The highest BCUT2D eigenvalue weighted by Crippen LogP contribution is 2.12. The Hall–Kier alpha value is -0.540. The molecule has 0 spiro atoms. The molecule has 3 amide bonds. The molecule has 1 aliphatic rings. The molecule has 1 rings (SSSR count). The quantitative estimate of drug-likeness (QED) is 0.604. The maximum absolute atomic E-state index is 12.0. The second kappa shape index (κ2) is 9.47. The van der Waals surface area contributed by atoms with Crippen molar-refractivity contribution in [2.24, 2.45) is 0 Å². The summed E-state index contributed by atoms with van der Waals surface area (Å²) in [6.45, 7) is 0.637. The summed E-state index contributed by atoms with van der Waals surface area (Å²) in [7, 11) is 0. The molecule has 0 atom stereocenters. The van der Waals surface area contributed by atoms with Gasteiger partial charge in [-0.1, -0.05) is 0 Å². The third-order valence-corrected chi connectivity index (χ3v) is 3.73. The summed E-state index contributed by atoms with van der Waals surface area (Å²) in [5.74, 6) is 0.964. The molecule has 0 aromatic carbocycles. The lowest BCUT2D eigenvalue weighted by atomic mass is 10.3. The molecule has 0 aromatic rings. The molecule has 0 aromatic heterocycles. The van der Waals surface area contributed by atoms with Crippen LogP contribution < -0.4 is 0 Å². The highest BCUT2D eigenvalue weighted by Gasteiger charge is 2.30. The Balaban J connectivity index is 2.79. The lowest BCUT2D eigenvalue weighted by molar-refractivity contribution is -0.158. The highest BCUT2D eigenvalue weighted by atomic mass is 32.1. The summed E-state index contributed by atoms with van der Waals surface area (Å²) in [6.07, 6.45) is 0.852. The third-order valence-electron chi connectivity index (χ3n) is 3.06. The maximum Gasteiger partial charge on any atom is 0.226 e. The molecule has 120 valence electrons. The third kappa shape index (κ3) is 5.63. The summed E-state index contributed by atoms with van der Waals surface area (Å²) in [4.78, 5) is 40.6. The normalized spacial score (nSPS) is 15.3. The van der Waals surface area contributed by atoms with E-state index in [2.05, 4.69) is 37.9 Å². The number of rotatable bonds is 6. The topological polar surface area (TPSA) is 60.9 Å². The predicted molar refractivity (Wildman–Crippen MR) is 90.5 cm³/mol. The van der Waals surface area contributed by atoms with Gasteiger partial charge in [0.2, 0.25) is 17.7 Å². The fourth-order valence-electron chi connectivity index (χ4n) is 1.99. The van der Waals surface area contributed by atoms with Crippen molar-refractivity contribution in [2.45, 2.75) is 19.3 Å².